The summed E-state index contributed by atoms with van der Waals surface area (Å²) in [4.78, 5) is 21.8. The minimum atomic E-state index is -4.16. The van der Waals surface area contributed by atoms with E-state index in [-0.39, 0.29) is 22.2 Å². The molecule has 0 aliphatic heterocycles. The van der Waals surface area contributed by atoms with Gasteiger partial charge in [-0.1, -0.05) is 0 Å². The number of rotatable bonds is 4. The number of sulfonamides is 1. The number of hydrogen-bond donors (Lipinski definition) is 4. The number of nitrogen functional groups attached to an aromatic ring is 1. The molecule has 0 aliphatic carbocycles. The Kier molecular flexibility index (Phi) is 4.56. The van der Waals surface area contributed by atoms with Crippen LogP contribution in [0.5, 0.6) is 0 Å². The molecule has 0 fully saturated rings. The molecule has 0 saturated heterocycles. The predicted octanol–water partition coefficient (Wildman–Crippen LogP) is 0.363. The predicted molar refractivity (Wildman–Crippen MR) is 71.8 cm³/mol. The van der Waals surface area contributed by atoms with Crippen LogP contribution in [0.25, 0.3) is 0 Å². The average molecular weight is 301 g/mol. The zero-order valence-electron chi connectivity index (χ0n) is 10.9. The van der Waals surface area contributed by atoms with Crippen LogP contribution in [0.15, 0.2) is 23.1 Å². The lowest BCUT2D eigenvalue weighted by Crippen LogP contribution is -2.42. The van der Waals surface area contributed by atoms with Crippen molar-refractivity contribution >= 4 is 27.7 Å². The maximum atomic E-state index is 11.9. The maximum Gasteiger partial charge on any atom is 0.335 e. The van der Waals surface area contributed by atoms with Gasteiger partial charge in [0.25, 0.3) is 10.0 Å². The Morgan fingerprint density at radius 2 is 1.90 bits per heavy atom. The summed E-state index contributed by atoms with van der Waals surface area (Å²) in [5.41, 5.74) is 5.11. The van der Waals surface area contributed by atoms with E-state index < -0.39 is 22.0 Å². The highest BCUT2D eigenvalue weighted by Crippen LogP contribution is 2.19. The molecule has 1 rings (SSSR count). The zero-order valence-corrected chi connectivity index (χ0v) is 11.7. The van der Waals surface area contributed by atoms with Gasteiger partial charge in [-0.25, -0.2) is 22.7 Å². The second-order valence-electron chi connectivity index (χ2n) is 4.29. The number of carboxylic acids is 1. The molecule has 2 amide bonds. The van der Waals surface area contributed by atoms with E-state index in [0.717, 1.165) is 18.2 Å². The Balaban J connectivity index is 3.04. The minimum absolute atomic E-state index is 0.145. The summed E-state index contributed by atoms with van der Waals surface area (Å²) in [5, 5.41) is 11.1. The van der Waals surface area contributed by atoms with Crippen molar-refractivity contribution < 1.29 is 23.1 Å². The van der Waals surface area contributed by atoms with Gasteiger partial charge in [0.15, 0.2) is 0 Å². The first-order valence-corrected chi connectivity index (χ1v) is 7.08. The van der Waals surface area contributed by atoms with Gasteiger partial charge in [0, 0.05) is 6.04 Å². The van der Waals surface area contributed by atoms with Crippen LogP contribution in [0.1, 0.15) is 24.2 Å². The van der Waals surface area contributed by atoms with Gasteiger partial charge in [0.2, 0.25) is 0 Å². The first-order chi connectivity index (χ1) is 9.13. The Bertz CT molecular complexity index is 639. The lowest BCUT2D eigenvalue weighted by atomic mass is 10.2. The molecule has 110 valence electrons. The molecule has 8 nitrogen and oxygen atoms in total. The first kappa shape index (κ1) is 15.8. The maximum absolute atomic E-state index is 11.9. The molecule has 9 heteroatoms. The Morgan fingerprint density at radius 3 is 2.35 bits per heavy atom. The van der Waals surface area contributed by atoms with Crippen LogP contribution in [-0.4, -0.2) is 31.6 Å². The molecule has 5 N–H and O–H groups in total. The Morgan fingerprint density at radius 1 is 1.30 bits per heavy atom. The fourth-order valence-corrected chi connectivity index (χ4v) is 2.42. The highest BCUT2D eigenvalue weighted by Gasteiger charge is 2.21. The fraction of sp³-hybridized carbons (Fsp3) is 0.273. The quantitative estimate of drug-likeness (QED) is 0.592. The van der Waals surface area contributed by atoms with Crippen LogP contribution in [0.2, 0.25) is 0 Å². The van der Waals surface area contributed by atoms with Crippen LogP contribution in [0, 0.1) is 0 Å². The van der Waals surface area contributed by atoms with E-state index in [0.29, 0.717) is 0 Å². The third kappa shape index (κ3) is 3.85. The molecule has 1 aromatic rings. The zero-order chi connectivity index (χ0) is 15.5. The number of carbonyl (C=O) groups excluding carboxylic acids is 1. The number of benzene rings is 1. The van der Waals surface area contributed by atoms with Crippen molar-refractivity contribution in [3.8, 4) is 0 Å². The molecule has 0 bridgehead atoms. The fourth-order valence-electron chi connectivity index (χ4n) is 1.39. The van der Waals surface area contributed by atoms with Crippen molar-refractivity contribution in [1.82, 2.24) is 10.0 Å². The van der Waals surface area contributed by atoms with E-state index in [9.17, 15) is 18.0 Å². The smallest absolute Gasteiger partial charge is 0.335 e. The van der Waals surface area contributed by atoms with Gasteiger partial charge in [-0.2, -0.15) is 0 Å². The largest absolute Gasteiger partial charge is 0.478 e. The molecule has 0 saturated carbocycles. The van der Waals surface area contributed by atoms with Gasteiger partial charge in [-0.05, 0) is 32.0 Å². The van der Waals surface area contributed by atoms with Gasteiger partial charge >= 0.3 is 12.0 Å². The van der Waals surface area contributed by atoms with Gasteiger partial charge in [-0.3, -0.25) is 0 Å². The summed E-state index contributed by atoms with van der Waals surface area (Å²) in [6.07, 6.45) is 0. The number of urea groups is 1. The molecule has 0 heterocycles. The van der Waals surface area contributed by atoms with Crippen LogP contribution in [0.4, 0.5) is 10.5 Å². The number of anilines is 1. The minimum Gasteiger partial charge on any atom is -0.478 e. The van der Waals surface area contributed by atoms with Crippen LogP contribution in [0.3, 0.4) is 0 Å². The Labute approximate surface area is 116 Å². The van der Waals surface area contributed by atoms with Crippen LogP contribution < -0.4 is 15.8 Å². The summed E-state index contributed by atoms with van der Waals surface area (Å²) in [5.74, 6) is -1.23. The lowest BCUT2D eigenvalue weighted by molar-refractivity contribution is 0.0696. The SMILES string of the molecule is CC(C)NC(=O)NS(=O)(=O)c1ccc(C(=O)O)cc1N. The second kappa shape index (κ2) is 5.78. The van der Waals surface area contributed by atoms with E-state index in [4.69, 9.17) is 10.8 Å². The van der Waals surface area contributed by atoms with Gasteiger partial charge in [0.1, 0.15) is 4.90 Å². The summed E-state index contributed by atoms with van der Waals surface area (Å²) >= 11 is 0. The molecule has 0 unspecified atom stereocenters. The topological polar surface area (TPSA) is 139 Å². The number of carbonyl (C=O) groups is 2. The van der Waals surface area contributed by atoms with Crippen LogP contribution >= 0.6 is 0 Å². The van der Waals surface area contributed by atoms with Crippen molar-refractivity contribution in [2.24, 2.45) is 0 Å². The third-order valence-corrected chi connectivity index (χ3v) is 3.60. The molecule has 0 spiro atoms. The number of nitrogens with one attached hydrogen (secondary N) is 2. The van der Waals surface area contributed by atoms with Gasteiger partial charge in [-0.15, -0.1) is 0 Å². The number of hydrogen-bond acceptors (Lipinski definition) is 5. The number of aromatic carboxylic acids is 1. The first-order valence-electron chi connectivity index (χ1n) is 5.59. The normalized spacial score (nSPS) is 11.2. The monoisotopic (exact) mass is 301 g/mol. The van der Waals surface area contributed by atoms with E-state index in [2.05, 4.69) is 5.32 Å². The molecule has 1 aromatic carbocycles. The van der Waals surface area contributed by atoms with Crippen molar-refractivity contribution in [3.05, 3.63) is 23.8 Å². The summed E-state index contributed by atoms with van der Waals surface area (Å²) in [6.45, 7) is 3.34. The molecule has 20 heavy (non-hydrogen) atoms. The molecule has 0 radical (unpaired) electrons. The number of nitrogens with two attached hydrogens (primary N) is 1. The van der Waals surface area contributed by atoms with Crippen molar-refractivity contribution in [3.63, 3.8) is 0 Å². The Hall–Kier alpha value is -2.29. The molecular weight excluding hydrogens is 286 g/mol. The van der Waals surface area contributed by atoms with Crippen LogP contribution in [-0.2, 0) is 10.0 Å². The highest BCUT2D eigenvalue weighted by atomic mass is 32.2. The molecule has 0 aromatic heterocycles. The number of carboxylic acid groups (broad SMARTS) is 1. The number of amides is 2. The van der Waals surface area contributed by atoms with Crippen molar-refractivity contribution in [2.45, 2.75) is 24.8 Å². The summed E-state index contributed by atoms with van der Waals surface area (Å²) in [6, 6.07) is 2.01. The van der Waals surface area contributed by atoms with E-state index in [1.54, 1.807) is 18.6 Å². The molecular formula is C11H15N3O5S. The molecule has 0 aliphatic rings. The third-order valence-electron chi connectivity index (χ3n) is 2.19. The second-order valence-corrected chi connectivity index (χ2v) is 5.94. The van der Waals surface area contributed by atoms with Crippen molar-refractivity contribution in [1.29, 1.82) is 0 Å². The van der Waals surface area contributed by atoms with E-state index in [1.165, 1.54) is 0 Å². The van der Waals surface area contributed by atoms with E-state index in [1.807, 2.05) is 0 Å². The lowest BCUT2D eigenvalue weighted by Gasteiger charge is -2.12. The summed E-state index contributed by atoms with van der Waals surface area (Å²) in [7, 11) is -4.16. The van der Waals surface area contributed by atoms with Gasteiger partial charge in [0.05, 0.1) is 11.3 Å². The average Bonchev–Trinajstić information content (AvgIpc) is 2.25. The van der Waals surface area contributed by atoms with Crippen molar-refractivity contribution in [2.75, 3.05) is 5.73 Å². The summed E-state index contributed by atoms with van der Waals surface area (Å²) < 4.78 is 25.6. The molecule has 0 atom stereocenters. The van der Waals surface area contributed by atoms with E-state index >= 15 is 0 Å². The highest BCUT2D eigenvalue weighted by molar-refractivity contribution is 7.90. The van der Waals surface area contributed by atoms with Gasteiger partial charge < -0.3 is 16.2 Å². The standard InChI is InChI=1S/C11H15N3O5S/c1-6(2)13-11(17)14-20(18,19)9-4-3-7(10(15)16)5-8(9)12/h3-6H,12H2,1-2H3,(H,15,16)(H2,13,14,17).